The molecule has 1 aliphatic carbocycles. The average molecular weight is 629 g/mol. The monoisotopic (exact) mass is 628 g/mol. The third-order valence-electron chi connectivity index (χ3n) is 8.49. The topological polar surface area (TPSA) is 16.4 Å². The molecule has 1 heterocycles. The molecule has 0 bridgehead atoms. The highest BCUT2D eigenvalue weighted by Gasteiger charge is 2.25. The van der Waals surface area contributed by atoms with E-state index >= 15 is 0 Å². The molecule has 2 nitrogen and oxygen atoms in total. The van der Waals surface area contributed by atoms with Crippen LogP contribution in [0.15, 0.2) is 186 Å². The first-order valence-electron chi connectivity index (χ1n) is 22.1. The Hall–Kier alpha value is -6.12. The third-order valence-corrected chi connectivity index (χ3v) is 8.49. The summed E-state index contributed by atoms with van der Waals surface area (Å²) in [5.41, 5.74) is 1.75. The third kappa shape index (κ3) is 4.99. The summed E-state index contributed by atoms with van der Waals surface area (Å²) in [4.78, 5) is 1.32. The highest BCUT2D eigenvalue weighted by atomic mass is 16.3. The number of benzene rings is 7. The highest BCUT2D eigenvalue weighted by molar-refractivity contribution is 6.16. The van der Waals surface area contributed by atoms with Gasteiger partial charge in [0.1, 0.15) is 11.2 Å². The molecule has 9 rings (SSSR count). The van der Waals surface area contributed by atoms with Crippen molar-refractivity contribution >= 4 is 49.7 Å². The molecular formula is C46H33NO. The van der Waals surface area contributed by atoms with Crippen molar-refractivity contribution in [3.63, 3.8) is 0 Å². The SMILES string of the molecule is [2H]C1=C([2H])C(N(c2ccccc2-c2cccc3oc4cc5ccccc5cc4c23)c2c([2H])c([2H])c(-c3ccccc3)c([2H])c2[2H])C([2H])C([2H])=C1c1c([2H])c([2H])c([2H])c([2H])c1[2H]. The van der Waals surface area contributed by atoms with Crippen molar-refractivity contribution < 1.29 is 22.2 Å². The molecule has 228 valence electrons. The van der Waals surface area contributed by atoms with Crippen molar-refractivity contribution in [3.05, 3.63) is 187 Å². The van der Waals surface area contributed by atoms with Gasteiger partial charge in [-0.1, -0.05) is 145 Å². The lowest BCUT2D eigenvalue weighted by molar-refractivity contribution is 0.669. The molecule has 2 heteroatoms. The van der Waals surface area contributed by atoms with E-state index in [2.05, 4.69) is 0 Å². The largest absolute Gasteiger partial charge is 0.456 e. The van der Waals surface area contributed by atoms with E-state index in [0.717, 1.165) is 21.5 Å². The van der Waals surface area contributed by atoms with E-state index in [9.17, 15) is 11.0 Å². The number of fused-ring (bicyclic) bond motifs is 4. The molecule has 0 aliphatic heterocycles. The summed E-state index contributed by atoms with van der Waals surface area (Å²) >= 11 is 0. The second-order valence-corrected chi connectivity index (χ2v) is 11.4. The predicted octanol–water partition coefficient (Wildman–Crippen LogP) is 12.6. The van der Waals surface area contributed by atoms with Gasteiger partial charge in [-0.25, -0.2) is 0 Å². The molecule has 0 amide bonds. The molecule has 8 aromatic rings. The summed E-state index contributed by atoms with van der Waals surface area (Å²) in [6.07, 6.45) is -1.81. The van der Waals surface area contributed by atoms with Gasteiger partial charge in [0.05, 0.1) is 22.5 Å². The summed E-state index contributed by atoms with van der Waals surface area (Å²) in [6, 6.07) is 24.0. The first-order valence-corrected chi connectivity index (χ1v) is 15.5. The van der Waals surface area contributed by atoms with Crippen molar-refractivity contribution in [1.29, 1.82) is 0 Å². The van der Waals surface area contributed by atoms with Crippen LogP contribution in [0.5, 0.6) is 0 Å². The van der Waals surface area contributed by atoms with Crippen LogP contribution in [0, 0.1) is 0 Å². The van der Waals surface area contributed by atoms with Crippen LogP contribution < -0.4 is 4.90 Å². The maximum atomic E-state index is 9.64. The molecule has 0 spiro atoms. The van der Waals surface area contributed by atoms with Crippen LogP contribution in [0.25, 0.3) is 60.5 Å². The second-order valence-electron chi connectivity index (χ2n) is 11.4. The number of rotatable bonds is 6. The molecule has 0 radical (unpaired) electrons. The van der Waals surface area contributed by atoms with E-state index in [1.54, 1.807) is 54.6 Å². The zero-order valence-corrected chi connectivity index (χ0v) is 25.4. The summed E-state index contributed by atoms with van der Waals surface area (Å²) in [7, 11) is 0. The molecule has 0 fully saturated rings. The zero-order chi connectivity index (χ0) is 43.2. The molecule has 2 unspecified atom stereocenters. The lowest BCUT2D eigenvalue weighted by atomic mass is 9.93. The van der Waals surface area contributed by atoms with E-state index in [-0.39, 0.29) is 29.0 Å². The number of anilines is 2. The Labute approximate surface area is 298 Å². The molecule has 48 heavy (non-hydrogen) atoms. The Bertz CT molecular complexity index is 3150. The lowest BCUT2D eigenvalue weighted by Crippen LogP contribution is -2.30. The number of nitrogens with zero attached hydrogens (tertiary/aromatic N) is 1. The quantitative estimate of drug-likeness (QED) is 0.182. The Morgan fingerprint density at radius 2 is 1.35 bits per heavy atom. The minimum absolute atomic E-state index is 0.0351. The van der Waals surface area contributed by atoms with Crippen LogP contribution in [-0.4, -0.2) is 6.04 Å². The van der Waals surface area contributed by atoms with Gasteiger partial charge in [-0.15, -0.1) is 0 Å². The molecule has 0 saturated carbocycles. The van der Waals surface area contributed by atoms with Gasteiger partial charge in [0, 0.05) is 29.1 Å². The smallest absolute Gasteiger partial charge is 0.136 e. The van der Waals surface area contributed by atoms with Crippen molar-refractivity contribution in [1.82, 2.24) is 0 Å². The lowest BCUT2D eigenvalue weighted by Gasteiger charge is -2.35. The van der Waals surface area contributed by atoms with E-state index in [0.29, 0.717) is 27.9 Å². The Kier molecular flexibility index (Phi) is 4.39. The first kappa shape index (κ1) is 17.7. The van der Waals surface area contributed by atoms with E-state index in [4.69, 9.17) is 11.3 Å². The standard InChI is InChI=1S/C46H33NO/c1-3-12-32(13-4-1)34-22-26-38(27-23-34)47(39-28-24-35(25-29-39)33-14-5-2-6-15-33)43-20-10-9-18-40(43)41-19-11-21-44-46(41)42-30-36-16-7-8-17-37(36)31-45(42)48-44/h1-28,30-31,39H,29H2/i2D,5D,6D,14D,15D,22D,23D,24D,25D,26D,27D,28D,29D. The van der Waals surface area contributed by atoms with Crippen LogP contribution >= 0.6 is 0 Å². The minimum Gasteiger partial charge on any atom is -0.456 e. The molecule has 2 atom stereocenters. The van der Waals surface area contributed by atoms with Crippen LogP contribution in [-0.2, 0) is 0 Å². The minimum atomic E-state index is -1.81. The van der Waals surface area contributed by atoms with Gasteiger partial charge in [-0.2, -0.15) is 0 Å². The van der Waals surface area contributed by atoms with E-state index in [1.165, 1.54) is 4.90 Å². The average Bonchev–Trinajstić information content (AvgIpc) is 3.64. The van der Waals surface area contributed by atoms with Crippen LogP contribution in [0.1, 0.15) is 29.8 Å². The van der Waals surface area contributed by atoms with Gasteiger partial charge in [-0.3, -0.25) is 0 Å². The fourth-order valence-electron chi connectivity index (χ4n) is 6.27. The molecule has 0 N–H and O–H groups in total. The predicted molar refractivity (Wildman–Crippen MR) is 203 cm³/mol. The number of furan rings is 1. The highest BCUT2D eigenvalue weighted by Crippen LogP contribution is 2.44. The number of hydrogen-bond donors (Lipinski definition) is 0. The van der Waals surface area contributed by atoms with Gasteiger partial charge < -0.3 is 9.32 Å². The molecular weight excluding hydrogens is 583 g/mol. The maximum Gasteiger partial charge on any atom is 0.136 e. The van der Waals surface area contributed by atoms with Crippen LogP contribution in [0.3, 0.4) is 0 Å². The Balaban J connectivity index is 1.34. The maximum absolute atomic E-state index is 9.64. The molecule has 7 aromatic carbocycles. The number of hydrogen-bond acceptors (Lipinski definition) is 2. The fraction of sp³-hybridized carbons (Fsp3) is 0.0435. The van der Waals surface area contributed by atoms with Gasteiger partial charge in [-0.05, 0) is 81.3 Å². The van der Waals surface area contributed by atoms with Crippen molar-refractivity contribution in [2.75, 3.05) is 4.90 Å². The van der Waals surface area contributed by atoms with Crippen molar-refractivity contribution in [2.24, 2.45) is 0 Å². The molecule has 0 saturated heterocycles. The summed E-state index contributed by atoms with van der Waals surface area (Å²) in [6.45, 7) is 0. The summed E-state index contributed by atoms with van der Waals surface area (Å²) in [5.74, 6) is 0. The summed E-state index contributed by atoms with van der Waals surface area (Å²) in [5, 5.41) is 3.48. The van der Waals surface area contributed by atoms with Gasteiger partial charge >= 0.3 is 0 Å². The molecule has 1 aromatic heterocycles. The van der Waals surface area contributed by atoms with Crippen molar-refractivity contribution in [3.8, 4) is 22.3 Å². The zero-order valence-electron chi connectivity index (χ0n) is 38.4. The van der Waals surface area contributed by atoms with Crippen LogP contribution in [0.2, 0.25) is 0 Å². The number of para-hydroxylation sites is 1. The van der Waals surface area contributed by atoms with E-state index in [1.807, 2.05) is 54.6 Å². The normalized spacial score (nSPS) is 20.4. The summed E-state index contributed by atoms with van der Waals surface area (Å²) < 4.78 is 124. The Morgan fingerprint density at radius 1 is 0.625 bits per heavy atom. The van der Waals surface area contributed by atoms with Crippen molar-refractivity contribution in [2.45, 2.75) is 12.4 Å². The van der Waals surface area contributed by atoms with Gasteiger partial charge in [0.15, 0.2) is 0 Å². The fourth-order valence-corrected chi connectivity index (χ4v) is 6.27. The number of allylic oxidation sites excluding steroid dienone is 2. The molecule has 1 aliphatic rings. The van der Waals surface area contributed by atoms with Crippen LogP contribution in [0.4, 0.5) is 11.4 Å². The second kappa shape index (κ2) is 11.9. The Morgan fingerprint density at radius 3 is 2.19 bits per heavy atom. The van der Waals surface area contributed by atoms with Gasteiger partial charge in [0.25, 0.3) is 0 Å². The first-order chi connectivity index (χ1) is 29.2. The van der Waals surface area contributed by atoms with Gasteiger partial charge in [0.2, 0.25) is 0 Å². The van der Waals surface area contributed by atoms with E-state index < -0.39 is 84.0 Å².